The topological polar surface area (TPSA) is 59.8 Å². The van der Waals surface area contributed by atoms with Crippen molar-refractivity contribution in [2.24, 2.45) is 5.92 Å². The molecule has 2 aromatic heterocycles. The van der Waals surface area contributed by atoms with Crippen molar-refractivity contribution in [1.82, 2.24) is 20.1 Å². The van der Waals surface area contributed by atoms with Gasteiger partial charge in [0.25, 0.3) is 5.91 Å². The van der Waals surface area contributed by atoms with Crippen LogP contribution in [0.5, 0.6) is 0 Å². The van der Waals surface area contributed by atoms with Crippen molar-refractivity contribution in [3.05, 3.63) is 41.5 Å². The molecule has 1 N–H and O–H groups in total. The fraction of sp³-hybridized carbons (Fsp3) is 0.500. The van der Waals surface area contributed by atoms with Crippen LogP contribution < -0.4 is 5.32 Å². The smallest absolute Gasteiger partial charge is 0.272 e. The summed E-state index contributed by atoms with van der Waals surface area (Å²) in [4.78, 5) is 16.8. The Morgan fingerprint density at radius 2 is 2.00 bits per heavy atom. The van der Waals surface area contributed by atoms with Gasteiger partial charge in [0.05, 0.1) is 11.4 Å². The van der Waals surface area contributed by atoms with Crippen molar-refractivity contribution in [2.75, 3.05) is 0 Å². The summed E-state index contributed by atoms with van der Waals surface area (Å²) in [6.07, 6.45) is 10.5. The molecule has 3 aliphatic rings. The molecule has 0 aromatic carbocycles. The van der Waals surface area contributed by atoms with Gasteiger partial charge in [-0.05, 0) is 43.7 Å². The first-order valence-corrected chi connectivity index (χ1v) is 8.64. The average Bonchev–Trinajstić information content (AvgIpc) is 2.96. The van der Waals surface area contributed by atoms with Crippen molar-refractivity contribution in [3.63, 3.8) is 0 Å². The number of amides is 1. The minimum absolute atomic E-state index is 0.0160. The van der Waals surface area contributed by atoms with Crippen LogP contribution in [0.3, 0.4) is 0 Å². The summed E-state index contributed by atoms with van der Waals surface area (Å²) in [5.74, 6) is 1.34. The zero-order valence-electron chi connectivity index (χ0n) is 13.0. The molecule has 0 spiro atoms. The number of pyridine rings is 1. The number of hydrogen-bond acceptors (Lipinski definition) is 3. The van der Waals surface area contributed by atoms with Crippen LogP contribution in [-0.2, 0) is 6.42 Å². The van der Waals surface area contributed by atoms with Gasteiger partial charge in [0.2, 0.25) is 0 Å². The van der Waals surface area contributed by atoms with Crippen LogP contribution in [0.1, 0.15) is 59.8 Å². The second kappa shape index (κ2) is 4.91. The lowest BCUT2D eigenvalue weighted by Crippen LogP contribution is -2.33. The maximum absolute atomic E-state index is 12.7. The number of carbonyl (C=O) groups excluding carboxylic acids is 1. The van der Waals surface area contributed by atoms with E-state index in [9.17, 15) is 4.79 Å². The molecule has 0 aliphatic heterocycles. The molecule has 5 heteroatoms. The number of carbonyl (C=O) groups is 1. The van der Waals surface area contributed by atoms with Gasteiger partial charge < -0.3 is 5.32 Å². The standard InChI is InChI=1S/C18H20N4O/c23-18(20-12-3-1-2-4-12)16-15-10-11-9-14(11)17(15)22(21-16)13-5-7-19-8-6-13/h5-8,11-12,14H,1-4,9-10H2,(H,20,23)/t11-,14-/m1/s1. The highest BCUT2D eigenvalue weighted by Crippen LogP contribution is 2.57. The van der Waals surface area contributed by atoms with Gasteiger partial charge in [-0.1, -0.05) is 12.8 Å². The molecule has 0 unspecified atom stereocenters. The Hall–Kier alpha value is -2.17. The molecular formula is C18H20N4O. The molecular weight excluding hydrogens is 288 g/mol. The molecule has 3 aliphatic carbocycles. The normalized spacial score (nSPS) is 25.2. The van der Waals surface area contributed by atoms with Crippen LogP contribution >= 0.6 is 0 Å². The lowest BCUT2D eigenvalue weighted by Gasteiger charge is -2.11. The second-order valence-corrected chi connectivity index (χ2v) is 7.09. The van der Waals surface area contributed by atoms with Crippen LogP contribution in [0.4, 0.5) is 0 Å². The van der Waals surface area contributed by atoms with Gasteiger partial charge in [0.15, 0.2) is 5.69 Å². The van der Waals surface area contributed by atoms with E-state index in [0.29, 0.717) is 17.7 Å². The Morgan fingerprint density at radius 3 is 2.78 bits per heavy atom. The van der Waals surface area contributed by atoms with E-state index in [1.165, 1.54) is 30.5 Å². The van der Waals surface area contributed by atoms with E-state index < -0.39 is 0 Å². The predicted octanol–water partition coefficient (Wildman–Crippen LogP) is 2.60. The zero-order valence-corrected chi connectivity index (χ0v) is 13.0. The highest BCUT2D eigenvalue weighted by Gasteiger charge is 2.50. The highest BCUT2D eigenvalue weighted by atomic mass is 16.2. The molecule has 2 atom stereocenters. The van der Waals surface area contributed by atoms with Gasteiger partial charge in [-0.3, -0.25) is 9.78 Å². The largest absolute Gasteiger partial charge is 0.348 e. The van der Waals surface area contributed by atoms with Crippen LogP contribution in [0.2, 0.25) is 0 Å². The van der Waals surface area contributed by atoms with Gasteiger partial charge in [0, 0.05) is 29.9 Å². The van der Waals surface area contributed by atoms with Crippen LogP contribution in [0.25, 0.3) is 5.69 Å². The van der Waals surface area contributed by atoms with E-state index in [1.54, 1.807) is 12.4 Å². The number of hydrogen-bond donors (Lipinski definition) is 1. The van der Waals surface area contributed by atoms with Crippen molar-refractivity contribution in [3.8, 4) is 5.69 Å². The Labute approximate surface area is 135 Å². The Kier molecular flexibility index (Phi) is 2.84. The maximum Gasteiger partial charge on any atom is 0.272 e. The average molecular weight is 308 g/mol. The van der Waals surface area contributed by atoms with Gasteiger partial charge >= 0.3 is 0 Å². The zero-order chi connectivity index (χ0) is 15.4. The Morgan fingerprint density at radius 1 is 1.22 bits per heavy atom. The molecule has 0 bridgehead atoms. The molecule has 2 aromatic rings. The maximum atomic E-state index is 12.7. The molecule has 23 heavy (non-hydrogen) atoms. The number of nitrogens with zero attached hydrogens (tertiary/aromatic N) is 3. The van der Waals surface area contributed by atoms with E-state index in [4.69, 9.17) is 5.10 Å². The third-order valence-corrected chi connectivity index (χ3v) is 5.58. The molecule has 5 rings (SSSR count). The predicted molar refractivity (Wildman–Crippen MR) is 85.6 cm³/mol. The fourth-order valence-corrected chi connectivity index (χ4v) is 4.30. The number of rotatable bonds is 3. The molecule has 0 saturated heterocycles. The first kappa shape index (κ1) is 13.3. The molecule has 5 nitrogen and oxygen atoms in total. The number of nitrogens with one attached hydrogen (secondary N) is 1. The monoisotopic (exact) mass is 308 g/mol. The highest BCUT2D eigenvalue weighted by molar-refractivity contribution is 5.94. The quantitative estimate of drug-likeness (QED) is 0.948. The van der Waals surface area contributed by atoms with Crippen LogP contribution in [0.15, 0.2) is 24.5 Å². The molecule has 2 heterocycles. The Balaban J connectivity index is 1.53. The first-order chi connectivity index (χ1) is 11.3. The van der Waals surface area contributed by atoms with Crippen LogP contribution in [-0.4, -0.2) is 26.7 Å². The molecule has 118 valence electrons. The van der Waals surface area contributed by atoms with Crippen molar-refractivity contribution in [2.45, 2.75) is 50.5 Å². The van der Waals surface area contributed by atoms with E-state index in [0.717, 1.165) is 30.9 Å². The summed E-state index contributed by atoms with van der Waals surface area (Å²) in [5.41, 5.74) is 4.09. The van der Waals surface area contributed by atoms with Crippen molar-refractivity contribution < 1.29 is 4.79 Å². The first-order valence-electron chi connectivity index (χ1n) is 8.64. The summed E-state index contributed by atoms with van der Waals surface area (Å²) < 4.78 is 1.98. The minimum atomic E-state index is 0.0160. The van der Waals surface area contributed by atoms with Gasteiger partial charge in [0.1, 0.15) is 0 Å². The molecule has 0 radical (unpaired) electrons. The van der Waals surface area contributed by atoms with E-state index >= 15 is 0 Å². The van der Waals surface area contributed by atoms with Crippen molar-refractivity contribution in [1.29, 1.82) is 0 Å². The van der Waals surface area contributed by atoms with Gasteiger partial charge in [-0.2, -0.15) is 5.10 Å². The molecule has 2 saturated carbocycles. The van der Waals surface area contributed by atoms with Crippen LogP contribution in [0, 0.1) is 5.92 Å². The van der Waals surface area contributed by atoms with Gasteiger partial charge in [-0.15, -0.1) is 0 Å². The Bertz CT molecular complexity index is 761. The lowest BCUT2D eigenvalue weighted by molar-refractivity contribution is 0.0931. The third kappa shape index (κ3) is 2.10. The molecule has 1 amide bonds. The van der Waals surface area contributed by atoms with Gasteiger partial charge in [-0.25, -0.2) is 4.68 Å². The number of fused-ring (bicyclic) bond motifs is 3. The number of aromatic nitrogens is 3. The SMILES string of the molecule is O=C(NC1CCCC1)c1nn(-c2ccncc2)c2c1C[C@H]1C[C@@H]21. The minimum Gasteiger partial charge on any atom is -0.348 e. The summed E-state index contributed by atoms with van der Waals surface area (Å²) in [5, 5.41) is 7.89. The van der Waals surface area contributed by atoms with E-state index in [1.807, 2.05) is 16.8 Å². The summed E-state index contributed by atoms with van der Waals surface area (Å²) in [6.45, 7) is 0. The van der Waals surface area contributed by atoms with E-state index in [-0.39, 0.29) is 5.91 Å². The summed E-state index contributed by atoms with van der Waals surface area (Å²) in [7, 11) is 0. The second-order valence-electron chi connectivity index (χ2n) is 7.09. The summed E-state index contributed by atoms with van der Waals surface area (Å²) >= 11 is 0. The fourth-order valence-electron chi connectivity index (χ4n) is 4.30. The van der Waals surface area contributed by atoms with E-state index in [2.05, 4.69) is 10.3 Å². The van der Waals surface area contributed by atoms with Crippen molar-refractivity contribution >= 4 is 5.91 Å². The summed E-state index contributed by atoms with van der Waals surface area (Å²) in [6, 6.07) is 4.25. The molecule has 2 fully saturated rings. The third-order valence-electron chi connectivity index (χ3n) is 5.58. The lowest BCUT2D eigenvalue weighted by atomic mass is 10.1.